The lowest BCUT2D eigenvalue weighted by atomic mass is 10.1. The van der Waals surface area contributed by atoms with Crippen LogP contribution in [0.5, 0.6) is 11.6 Å². The smallest absolute Gasteiger partial charge is 0.250 e. The second-order valence-electron chi connectivity index (χ2n) is 4.72. The second-order valence-corrected chi connectivity index (χ2v) is 5.13. The van der Waals surface area contributed by atoms with E-state index >= 15 is 0 Å². The van der Waals surface area contributed by atoms with Gasteiger partial charge < -0.3 is 10.5 Å². The Morgan fingerprint density at radius 2 is 2.10 bits per heavy atom. The minimum Gasteiger partial charge on any atom is -0.438 e. The number of primary amides is 1. The van der Waals surface area contributed by atoms with Crippen LogP contribution in [-0.2, 0) is 6.42 Å². The Morgan fingerprint density at radius 1 is 1.29 bits per heavy atom. The van der Waals surface area contributed by atoms with Crippen LogP contribution in [0.2, 0.25) is 5.02 Å². The van der Waals surface area contributed by atoms with Crippen molar-refractivity contribution >= 4 is 23.3 Å². The maximum absolute atomic E-state index is 11.6. The molecule has 1 aliphatic carbocycles. The summed E-state index contributed by atoms with van der Waals surface area (Å²) in [5.41, 5.74) is 7.07. The topological polar surface area (TPSA) is 82.3 Å². The number of Topliss-reactive ketones (excluding diaryl/α,β-unsaturated/α-hetero) is 1. The SMILES string of the molecule is NC(=O)c1cnc(Oc2ccc3c(c2)CCC3=O)c(Cl)c1. The summed E-state index contributed by atoms with van der Waals surface area (Å²) in [7, 11) is 0. The van der Waals surface area contributed by atoms with Gasteiger partial charge in [0, 0.05) is 18.2 Å². The van der Waals surface area contributed by atoms with Crippen LogP contribution in [0.3, 0.4) is 0 Å². The summed E-state index contributed by atoms with van der Waals surface area (Å²) >= 11 is 6.01. The van der Waals surface area contributed by atoms with Gasteiger partial charge in [0.15, 0.2) is 5.78 Å². The fourth-order valence-corrected chi connectivity index (χ4v) is 2.45. The molecule has 0 fully saturated rings. The van der Waals surface area contributed by atoms with Gasteiger partial charge in [-0.1, -0.05) is 11.6 Å². The van der Waals surface area contributed by atoms with Gasteiger partial charge in [-0.2, -0.15) is 0 Å². The van der Waals surface area contributed by atoms with Crippen molar-refractivity contribution in [3.63, 3.8) is 0 Å². The number of hydrogen-bond donors (Lipinski definition) is 1. The summed E-state index contributed by atoms with van der Waals surface area (Å²) in [4.78, 5) is 26.6. The molecule has 2 aromatic rings. The quantitative estimate of drug-likeness (QED) is 0.945. The van der Waals surface area contributed by atoms with Gasteiger partial charge >= 0.3 is 0 Å². The van der Waals surface area contributed by atoms with E-state index in [1.807, 2.05) is 0 Å². The Labute approximate surface area is 125 Å². The number of amides is 1. The molecule has 1 aliphatic rings. The van der Waals surface area contributed by atoms with Gasteiger partial charge in [0.2, 0.25) is 11.8 Å². The predicted molar refractivity (Wildman–Crippen MR) is 76.9 cm³/mol. The minimum absolute atomic E-state index is 0.151. The van der Waals surface area contributed by atoms with E-state index in [1.165, 1.54) is 12.3 Å². The second kappa shape index (κ2) is 5.18. The van der Waals surface area contributed by atoms with Crippen molar-refractivity contribution in [1.29, 1.82) is 0 Å². The van der Waals surface area contributed by atoms with Gasteiger partial charge in [-0.3, -0.25) is 9.59 Å². The Balaban J connectivity index is 1.87. The monoisotopic (exact) mass is 302 g/mol. The van der Waals surface area contributed by atoms with Crippen LogP contribution in [0.4, 0.5) is 0 Å². The lowest BCUT2D eigenvalue weighted by molar-refractivity contribution is 0.0988. The first-order chi connectivity index (χ1) is 10.0. The van der Waals surface area contributed by atoms with Crippen molar-refractivity contribution in [2.24, 2.45) is 5.73 Å². The summed E-state index contributed by atoms with van der Waals surface area (Å²) in [6.07, 6.45) is 2.55. The van der Waals surface area contributed by atoms with Crippen LogP contribution in [0, 0.1) is 0 Å². The third-order valence-electron chi connectivity index (χ3n) is 3.30. The molecule has 1 amide bonds. The standard InChI is InChI=1S/C15H11ClN2O3/c16-12-6-9(14(17)20)7-18-15(12)21-10-2-3-11-8(5-10)1-4-13(11)19/h2-3,5-7H,1,4H2,(H2,17,20). The number of aromatic nitrogens is 1. The van der Waals surface area contributed by atoms with E-state index in [-0.39, 0.29) is 22.2 Å². The van der Waals surface area contributed by atoms with Crippen LogP contribution < -0.4 is 10.5 Å². The first kappa shape index (κ1) is 13.6. The van der Waals surface area contributed by atoms with E-state index in [1.54, 1.807) is 18.2 Å². The maximum Gasteiger partial charge on any atom is 0.250 e. The summed E-state index contributed by atoms with van der Waals surface area (Å²) in [5.74, 6) is 0.279. The van der Waals surface area contributed by atoms with E-state index in [9.17, 15) is 9.59 Å². The van der Waals surface area contributed by atoms with Crippen LogP contribution in [-0.4, -0.2) is 16.7 Å². The van der Waals surface area contributed by atoms with Gasteiger partial charge in [0.05, 0.1) is 5.56 Å². The van der Waals surface area contributed by atoms with E-state index < -0.39 is 5.91 Å². The van der Waals surface area contributed by atoms with Crippen molar-refractivity contribution in [1.82, 2.24) is 4.98 Å². The average Bonchev–Trinajstić information content (AvgIpc) is 2.82. The third-order valence-corrected chi connectivity index (χ3v) is 3.58. The maximum atomic E-state index is 11.6. The number of nitrogens with zero attached hydrogens (tertiary/aromatic N) is 1. The molecule has 2 N–H and O–H groups in total. The lowest BCUT2D eigenvalue weighted by Gasteiger charge is -2.08. The first-order valence-corrected chi connectivity index (χ1v) is 6.72. The van der Waals surface area contributed by atoms with E-state index in [4.69, 9.17) is 22.1 Å². The molecule has 3 rings (SSSR count). The van der Waals surface area contributed by atoms with Crippen LogP contribution in [0.15, 0.2) is 30.5 Å². The fraction of sp³-hybridized carbons (Fsp3) is 0.133. The fourth-order valence-electron chi connectivity index (χ4n) is 2.24. The van der Waals surface area contributed by atoms with Crippen molar-refractivity contribution in [2.75, 3.05) is 0 Å². The molecule has 0 saturated carbocycles. The van der Waals surface area contributed by atoms with Crippen molar-refractivity contribution < 1.29 is 14.3 Å². The van der Waals surface area contributed by atoms with Gasteiger partial charge in [0.1, 0.15) is 10.8 Å². The number of carbonyl (C=O) groups is 2. The molecule has 1 aromatic carbocycles. The van der Waals surface area contributed by atoms with E-state index in [0.29, 0.717) is 18.6 Å². The first-order valence-electron chi connectivity index (χ1n) is 6.34. The molecular weight excluding hydrogens is 292 g/mol. The van der Waals surface area contributed by atoms with E-state index in [0.717, 1.165) is 11.1 Å². The third kappa shape index (κ3) is 2.60. The zero-order valence-electron chi connectivity index (χ0n) is 10.9. The highest BCUT2D eigenvalue weighted by Crippen LogP contribution is 2.31. The molecule has 0 radical (unpaired) electrons. The summed E-state index contributed by atoms with van der Waals surface area (Å²) in [5, 5.41) is 0.197. The molecule has 6 heteroatoms. The van der Waals surface area contributed by atoms with Crippen LogP contribution in [0.25, 0.3) is 0 Å². The summed E-state index contributed by atoms with van der Waals surface area (Å²) in [6, 6.07) is 6.65. The molecule has 21 heavy (non-hydrogen) atoms. The molecule has 0 unspecified atom stereocenters. The summed E-state index contributed by atoms with van der Waals surface area (Å²) in [6.45, 7) is 0. The number of carbonyl (C=O) groups excluding carboxylic acids is 2. The lowest BCUT2D eigenvalue weighted by Crippen LogP contribution is -2.11. The van der Waals surface area contributed by atoms with Gasteiger partial charge in [-0.15, -0.1) is 0 Å². The minimum atomic E-state index is -0.605. The summed E-state index contributed by atoms with van der Waals surface area (Å²) < 4.78 is 5.60. The number of halogens is 1. The Morgan fingerprint density at radius 3 is 2.81 bits per heavy atom. The number of fused-ring (bicyclic) bond motifs is 1. The molecule has 0 aliphatic heterocycles. The van der Waals surface area contributed by atoms with Gasteiger partial charge in [-0.25, -0.2) is 4.98 Å². The molecule has 0 bridgehead atoms. The average molecular weight is 303 g/mol. The highest BCUT2D eigenvalue weighted by Gasteiger charge is 2.20. The number of nitrogens with two attached hydrogens (primary N) is 1. The number of ketones is 1. The molecule has 1 aromatic heterocycles. The molecule has 0 spiro atoms. The van der Waals surface area contributed by atoms with Crippen molar-refractivity contribution in [3.8, 4) is 11.6 Å². The predicted octanol–water partition coefficient (Wildman–Crippen LogP) is 2.76. The molecule has 0 saturated heterocycles. The number of benzene rings is 1. The Hall–Kier alpha value is -2.40. The van der Waals surface area contributed by atoms with Crippen molar-refractivity contribution in [3.05, 3.63) is 52.2 Å². The molecule has 1 heterocycles. The largest absolute Gasteiger partial charge is 0.438 e. The Kier molecular flexibility index (Phi) is 3.35. The Bertz CT molecular complexity index is 759. The van der Waals surface area contributed by atoms with Crippen LogP contribution in [0.1, 0.15) is 32.7 Å². The van der Waals surface area contributed by atoms with Crippen molar-refractivity contribution in [2.45, 2.75) is 12.8 Å². The molecule has 0 atom stereocenters. The molecule has 106 valence electrons. The normalized spacial score (nSPS) is 13.1. The van der Waals surface area contributed by atoms with E-state index in [2.05, 4.69) is 4.98 Å². The van der Waals surface area contributed by atoms with Gasteiger partial charge in [0.25, 0.3) is 0 Å². The highest BCUT2D eigenvalue weighted by molar-refractivity contribution is 6.32. The number of hydrogen-bond acceptors (Lipinski definition) is 4. The number of aryl methyl sites for hydroxylation is 1. The highest BCUT2D eigenvalue weighted by atomic mass is 35.5. The van der Waals surface area contributed by atoms with Crippen LogP contribution >= 0.6 is 11.6 Å². The molecule has 5 nitrogen and oxygen atoms in total. The molecular formula is C15H11ClN2O3. The van der Waals surface area contributed by atoms with Gasteiger partial charge in [-0.05, 0) is 36.2 Å². The number of pyridine rings is 1. The number of rotatable bonds is 3. The zero-order chi connectivity index (χ0) is 15.0. The number of ether oxygens (including phenoxy) is 1. The zero-order valence-corrected chi connectivity index (χ0v) is 11.7.